The maximum Gasteiger partial charge on any atom is 0.405 e. The van der Waals surface area contributed by atoms with Crippen LogP contribution in [0.1, 0.15) is 132 Å². The van der Waals surface area contributed by atoms with Crippen LogP contribution in [0.15, 0.2) is 68.4 Å². The number of aliphatic imine (C=N–C) groups is 2. The summed E-state index contributed by atoms with van der Waals surface area (Å²) in [6.07, 6.45) is 12.8. The average Bonchev–Trinajstić information content (AvgIpc) is 3.69. The molecule has 0 saturated carbocycles. The molecular formula is C58H85N9O9S2. The van der Waals surface area contributed by atoms with Crippen molar-refractivity contribution in [3.63, 3.8) is 0 Å². The molecule has 0 aromatic rings. The van der Waals surface area contributed by atoms with Gasteiger partial charge in [-0.15, -0.1) is 11.8 Å². The number of likely N-dealkylation sites (tertiary alicyclic amines) is 1. The lowest BCUT2D eigenvalue weighted by atomic mass is 9.80. The van der Waals surface area contributed by atoms with E-state index in [9.17, 15) is 38.7 Å². The first-order chi connectivity index (χ1) is 37.3. The lowest BCUT2D eigenvalue weighted by molar-refractivity contribution is -0.138. The third kappa shape index (κ3) is 16.2. The summed E-state index contributed by atoms with van der Waals surface area (Å²) in [7, 11) is 0. The first-order valence-corrected chi connectivity index (χ1v) is 30.7. The molecule has 3 fully saturated rings. The number of allylic oxidation sites excluding steroid dienone is 5. The standard InChI is InChI=1S/C58H85N9O9S2/c1-8-40-17-22-65-23-18-41(61-57(65)60-40)31-77-32-42-19-24-66-25-20-43(63-58(66)62-42)33-78-49-30-50(70)67(55(49)74)21-11-15-44(68)14-10-16-45-46-27-34(2)26-37(5)51(71)38(6)28-39(7)53(76-56(59)75)35(3)12-9-13-36(4)54(73)64-47(52(46)72)29-48(45)69/h9,12-13,28-29,34-35,37-38,40-43,49,51,53,71H,8,10-11,14-27,30-33H2,1-7H3,(H2,59,75)(H,60,61)(H,62,63)(H,64,73)/b12-9-,36-13+,39-28+/t34-,35-,37-,38-,40-,41+,42+,43+,49?,51-,53+/m0/s1. The summed E-state index contributed by atoms with van der Waals surface area (Å²) in [5.41, 5.74) is 6.85. The Morgan fingerprint density at radius 1 is 0.846 bits per heavy atom. The predicted molar refractivity (Wildman–Crippen MR) is 307 cm³/mol. The number of nitrogens with zero attached hydrogens (tertiary/aromatic N) is 5. The molecule has 18 nitrogen and oxygen atoms in total. The molecule has 2 bridgehead atoms. The highest BCUT2D eigenvalue weighted by molar-refractivity contribution is 8.00. The van der Waals surface area contributed by atoms with Crippen LogP contribution < -0.4 is 21.7 Å². The fourth-order valence-electron chi connectivity index (χ4n) is 11.7. The average molecular weight is 1120 g/mol. The molecule has 4 amide bonds. The van der Waals surface area contributed by atoms with Crippen LogP contribution in [0.25, 0.3) is 0 Å². The van der Waals surface area contributed by atoms with E-state index >= 15 is 0 Å². The molecule has 0 aromatic carbocycles. The lowest BCUT2D eigenvalue weighted by Crippen LogP contribution is -2.57. The molecule has 0 spiro atoms. The van der Waals surface area contributed by atoms with E-state index in [0.29, 0.717) is 54.3 Å². The SMILES string of the molecule is CC[C@H]1CCN2CC[C@H](CSC[C@H]3CCN4CC[C@H](CSC5CC(=O)N(CCCC(=O)CCCC6=C7C[C@@H](C)C[C@H](C)[C@H](O)[C@@H](C)/C=C(\C)[C@H](OC(N)=O)[C@@H](C)/C=C\C=C(/C)C(=O)NC(=CC6=O)C7=O)C5=O)N=C4N3)NC2=N1. The van der Waals surface area contributed by atoms with Gasteiger partial charge in [-0.25, -0.2) is 14.8 Å². The number of nitrogens with one attached hydrogen (secondary N) is 3. The number of amides is 4. The molecule has 3 saturated heterocycles. The minimum atomic E-state index is -0.935. The number of hydrogen-bond acceptors (Lipinski definition) is 17. The number of nitrogens with two attached hydrogens (primary N) is 1. The first kappa shape index (κ1) is 60.4. The predicted octanol–water partition coefficient (Wildman–Crippen LogP) is 6.15. The number of ether oxygens (including phenoxy) is 1. The van der Waals surface area contributed by atoms with Gasteiger partial charge in [-0.05, 0) is 95.5 Å². The molecule has 1 unspecified atom stereocenters. The summed E-state index contributed by atoms with van der Waals surface area (Å²) in [5, 5.41) is 21.0. The highest BCUT2D eigenvalue weighted by Gasteiger charge is 2.40. The number of primary amides is 1. The number of aliphatic hydroxyl groups is 1. The maximum atomic E-state index is 14.2. The van der Waals surface area contributed by atoms with Crippen molar-refractivity contribution in [2.75, 3.05) is 50.0 Å². The fraction of sp³-hybridized carbons (Fsp3) is 0.672. The fourth-order valence-corrected chi connectivity index (χ4v) is 14.2. The van der Waals surface area contributed by atoms with Gasteiger partial charge in [0.2, 0.25) is 17.6 Å². The Morgan fingerprint density at radius 3 is 2.15 bits per heavy atom. The second kappa shape index (κ2) is 28.3. The quantitative estimate of drug-likeness (QED) is 0.0623. The third-order valence-electron chi connectivity index (χ3n) is 16.3. The Bertz CT molecular complexity index is 2490. The Labute approximate surface area is 469 Å². The van der Waals surface area contributed by atoms with E-state index in [1.807, 2.05) is 52.5 Å². The van der Waals surface area contributed by atoms with Gasteiger partial charge in [0.05, 0.1) is 29.1 Å². The molecule has 6 aliphatic heterocycles. The smallest absolute Gasteiger partial charge is 0.405 e. The summed E-state index contributed by atoms with van der Waals surface area (Å²) in [4.78, 5) is 109. The van der Waals surface area contributed by atoms with Crippen molar-refractivity contribution in [2.45, 2.75) is 174 Å². The van der Waals surface area contributed by atoms with E-state index in [-0.39, 0.29) is 103 Å². The monoisotopic (exact) mass is 1120 g/mol. The van der Waals surface area contributed by atoms with Crippen LogP contribution in [0.3, 0.4) is 0 Å². The summed E-state index contributed by atoms with van der Waals surface area (Å²) >= 11 is 3.48. The van der Waals surface area contributed by atoms with E-state index < -0.39 is 41.0 Å². The van der Waals surface area contributed by atoms with Crippen LogP contribution >= 0.6 is 23.5 Å². The number of carbonyl (C=O) groups is 7. The number of carbonyl (C=O) groups excluding carboxylic acids is 7. The van der Waals surface area contributed by atoms with Gasteiger partial charge < -0.3 is 41.3 Å². The molecule has 11 atom stereocenters. The first-order valence-electron chi connectivity index (χ1n) is 28.5. The summed E-state index contributed by atoms with van der Waals surface area (Å²) in [6, 6.07) is 1.24. The van der Waals surface area contributed by atoms with Gasteiger partial charge >= 0.3 is 6.09 Å². The minimum absolute atomic E-state index is 0.0439. The molecule has 0 radical (unpaired) electrons. The molecule has 20 heteroatoms. The molecule has 428 valence electrons. The Hall–Kier alpha value is -5.21. The zero-order valence-electron chi connectivity index (χ0n) is 46.9. The van der Waals surface area contributed by atoms with E-state index in [2.05, 4.69) is 32.7 Å². The number of hydrogen-bond donors (Lipinski definition) is 5. The van der Waals surface area contributed by atoms with Gasteiger partial charge in [0.15, 0.2) is 17.7 Å². The zero-order chi connectivity index (χ0) is 56.2. The third-order valence-corrected chi connectivity index (χ3v) is 18.9. The highest BCUT2D eigenvalue weighted by Crippen LogP contribution is 2.34. The molecule has 1 aliphatic carbocycles. The van der Waals surface area contributed by atoms with Gasteiger partial charge in [-0.1, -0.05) is 58.9 Å². The van der Waals surface area contributed by atoms with Crippen LogP contribution in [0.2, 0.25) is 0 Å². The number of ketones is 3. The van der Waals surface area contributed by atoms with Crippen molar-refractivity contribution in [1.82, 2.24) is 30.7 Å². The van der Waals surface area contributed by atoms with E-state index in [1.165, 1.54) is 16.7 Å². The lowest BCUT2D eigenvalue weighted by Gasteiger charge is -2.41. The molecular weight excluding hydrogens is 1030 g/mol. The maximum absolute atomic E-state index is 14.2. The van der Waals surface area contributed by atoms with Crippen molar-refractivity contribution in [3.05, 3.63) is 58.4 Å². The normalized spacial score (nSPS) is 32.3. The number of Topliss-reactive ketones (excluding diaryl/α,β-unsaturated/α-hetero) is 2. The van der Waals surface area contributed by atoms with Crippen molar-refractivity contribution in [1.29, 1.82) is 0 Å². The van der Waals surface area contributed by atoms with Gasteiger partial charge in [0, 0.05) is 116 Å². The zero-order valence-corrected chi connectivity index (χ0v) is 48.6. The van der Waals surface area contributed by atoms with E-state index in [1.54, 1.807) is 25.2 Å². The molecule has 78 heavy (non-hydrogen) atoms. The Balaban J connectivity index is 0.871. The number of aliphatic hydroxyl groups excluding tert-OH is 1. The number of thioether (sulfide) groups is 2. The number of rotatable bonds is 17. The van der Waals surface area contributed by atoms with Crippen molar-refractivity contribution in [2.24, 2.45) is 39.4 Å². The second-order valence-electron chi connectivity index (χ2n) is 22.8. The number of fused-ring (bicyclic) bond motifs is 4. The van der Waals surface area contributed by atoms with Crippen LogP contribution in [0.4, 0.5) is 4.79 Å². The molecule has 7 rings (SSSR count). The van der Waals surface area contributed by atoms with Crippen LogP contribution in [-0.2, 0) is 33.5 Å². The molecule has 6 heterocycles. The Kier molecular flexibility index (Phi) is 21.9. The van der Waals surface area contributed by atoms with E-state index in [0.717, 1.165) is 87.8 Å². The van der Waals surface area contributed by atoms with Crippen LogP contribution in [-0.4, -0.2) is 164 Å². The topological polar surface area (TPSA) is 246 Å². The summed E-state index contributed by atoms with van der Waals surface area (Å²) in [5.74, 6) is 1.68. The number of imide groups is 1. The van der Waals surface area contributed by atoms with Crippen LogP contribution in [0, 0.1) is 23.7 Å². The largest absolute Gasteiger partial charge is 0.441 e. The van der Waals surface area contributed by atoms with Gasteiger partial charge in [-0.2, -0.15) is 11.8 Å². The second-order valence-corrected chi connectivity index (χ2v) is 25.1. The van der Waals surface area contributed by atoms with Crippen molar-refractivity contribution >= 4 is 76.6 Å². The van der Waals surface area contributed by atoms with Gasteiger partial charge in [0.25, 0.3) is 5.91 Å². The highest BCUT2D eigenvalue weighted by atomic mass is 32.2. The van der Waals surface area contributed by atoms with Crippen molar-refractivity contribution in [3.8, 4) is 0 Å². The summed E-state index contributed by atoms with van der Waals surface area (Å²) < 4.78 is 5.48. The molecule has 0 aromatic heterocycles. The molecule has 7 aliphatic rings. The van der Waals surface area contributed by atoms with E-state index in [4.69, 9.17) is 20.5 Å². The minimum Gasteiger partial charge on any atom is -0.441 e. The number of guanidine groups is 2. The molecule has 6 N–H and O–H groups in total. The van der Waals surface area contributed by atoms with Crippen LogP contribution in [0.5, 0.6) is 0 Å². The van der Waals surface area contributed by atoms with Gasteiger partial charge in [-0.3, -0.25) is 33.7 Å². The van der Waals surface area contributed by atoms with Crippen molar-refractivity contribution < 1.29 is 43.4 Å². The summed E-state index contributed by atoms with van der Waals surface area (Å²) in [6.45, 7) is 17.4. The van der Waals surface area contributed by atoms with Gasteiger partial charge in [0.1, 0.15) is 11.9 Å². The Morgan fingerprint density at radius 2 is 1.49 bits per heavy atom.